The molecule has 9 heavy (non-hydrogen) atoms. The van der Waals surface area contributed by atoms with Gasteiger partial charge in [-0.2, -0.15) is 0 Å². The van der Waals surface area contributed by atoms with E-state index in [0.29, 0.717) is 6.54 Å². The van der Waals surface area contributed by atoms with Crippen LogP contribution in [-0.4, -0.2) is 5.16 Å². The zero-order valence-electron chi connectivity index (χ0n) is 5.42. The molecule has 0 radical (unpaired) electrons. The second kappa shape index (κ2) is 2.64. The van der Waals surface area contributed by atoms with Gasteiger partial charge in [0, 0.05) is 6.07 Å². The zero-order chi connectivity index (χ0) is 6.69. The van der Waals surface area contributed by atoms with Crippen LogP contribution in [0.15, 0.2) is 10.6 Å². The highest BCUT2D eigenvalue weighted by Crippen LogP contribution is 2.01. The molecule has 50 valence electrons. The fourth-order valence-electron chi connectivity index (χ4n) is 0.619. The highest BCUT2D eigenvalue weighted by Gasteiger charge is 1.97. The minimum atomic E-state index is 0.438. The van der Waals surface area contributed by atoms with Gasteiger partial charge in [-0.1, -0.05) is 12.1 Å². The van der Waals surface area contributed by atoms with Crippen LogP contribution < -0.4 is 5.73 Å². The first-order valence-electron chi connectivity index (χ1n) is 3.01. The minimum absolute atomic E-state index is 0.438. The van der Waals surface area contributed by atoms with Gasteiger partial charge in [0.15, 0.2) is 5.76 Å². The number of hydrogen-bond donors (Lipinski definition) is 1. The van der Waals surface area contributed by atoms with Gasteiger partial charge in [-0.3, -0.25) is 0 Å². The normalized spacial score (nSPS) is 10.0. The van der Waals surface area contributed by atoms with Crippen molar-refractivity contribution in [3.8, 4) is 0 Å². The molecule has 0 saturated heterocycles. The Labute approximate surface area is 53.8 Å². The average Bonchev–Trinajstić information content (AvgIpc) is 2.34. The molecule has 1 rings (SSSR count). The van der Waals surface area contributed by atoms with Crippen molar-refractivity contribution in [1.82, 2.24) is 5.16 Å². The molecule has 0 fully saturated rings. The van der Waals surface area contributed by atoms with Crippen LogP contribution in [0.5, 0.6) is 0 Å². The SMILES string of the molecule is CCc1cc(CN)on1. The molecule has 1 aromatic heterocycles. The van der Waals surface area contributed by atoms with Gasteiger partial charge in [0.1, 0.15) is 0 Å². The summed E-state index contributed by atoms with van der Waals surface area (Å²) in [5.74, 6) is 0.756. The van der Waals surface area contributed by atoms with E-state index in [0.717, 1.165) is 17.9 Å². The van der Waals surface area contributed by atoms with Crippen LogP contribution in [0.3, 0.4) is 0 Å². The van der Waals surface area contributed by atoms with Crippen molar-refractivity contribution < 1.29 is 4.52 Å². The number of nitrogens with zero attached hydrogens (tertiary/aromatic N) is 1. The predicted molar refractivity (Wildman–Crippen MR) is 33.8 cm³/mol. The Balaban J connectivity index is 2.74. The molecule has 3 heteroatoms. The van der Waals surface area contributed by atoms with E-state index in [1.54, 1.807) is 0 Å². The van der Waals surface area contributed by atoms with Crippen molar-refractivity contribution in [1.29, 1.82) is 0 Å². The Hall–Kier alpha value is -0.830. The maximum atomic E-state index is 5.28. The first-order chi connectivity index (χ1) is 4.36. The van der Waals surface area contributed by atoms with Crippen LogP contribution >= 0.6 is 0 Å². The van der Waals surface area contributed by atoms with Crippen LogP contribution in [0.25, 0.3) is 0 Å². The Kier molecular flexibility index (Phi) is 1.85. The molecule has 2 N–H and O–H groups in total. The number of aromatic nitrogens is 1. The maximum Gasteiger partial charge on any atom is 0.150 e. The highest BCUT2D eigenvalue weighted by molar-refractivity contribution is 5.04. The molecule has 0 aliphatic heterocycles. The van der Waals surface area contributed by atoms with E-state index in [1.165, 1.54) is 0 Å². The molecule has 0 unspecified atom stereocenters. The van der Waals surface area contributed by atoms with E-state index >= 15 is 0 Å². The Bertz CT molecular complexity index is 164. The van der Waals surface area contributed by atoms with Gasteiger partial charge in [0.05, 0.1) is 12.2 Å². The molecular weight excluding hydrogens is 116 g/mol. The van der Waals surface area contributed by atoms with Gasteiger partial charge in [0.2, 0.25) is 0 Å². The molecule has 0 bridgehead atoms. The largest absolute Gasteiger partial charge is 0.360 e. The fraction of sp³-hybridized carbons (Fsp3) is 0.500. The first-order valence-corrected chi connectivity index (χ1v) is 3.01. The summed E-state index contributed by atoms with van der Waals surface area (Å²) in [6.45, 7) is 2.46. The van der Waals surface area contributed by atoms with Gasteiger partial charge < -0.3 is 10.3 Å². The molecule has 1 heterocycles. The summed E-state index contributed by atoms with van der Waals surface area (Å²) in [6, 6.07) is 1.88. The standard InChI is InChI=1S/C6H10N2O/c1-2-5-3-6(4-7)9-8-5/h3H,2,4,7H2,1H3. The van der Waals surface area contributed by atoms with Crippen molar-refractivity contribution in [3.63, 3.8) is 0 Å². The smallest absolute Gasteiger partial charge is 0.150 e. The van der Waals surface area contributed by atoms with Crippen molar-refractivity contribution in [3.05, 3.63) is 17.5 Å². The lowest BCUT2D eigenvalue weighted by atomic mass is 10.3. The zero-order valence-corrected chi connectivity index (χ0v) is 5.42. The summed E-state index contributed by atoms with van der Waals surface area (Å²) in [4.78, 5) is 0. The van der Waals surface area contributed by atoms with E-state index in [1.807, 2.05) is 13.0 Å². The van der Waals surface area contributed by atoms with Gasteiger partial charge in [0.25, 0.3) is 0 Å². The monoisotopic (exact) mass is 126 g/mol. The number of nitrogens with two attached hydrogens (primary N) is 1. The van der Waals surface area contributed by atoms with Crippen LogP contribution in [0, 0.1) is 0 Å². The summed E-state index contributed by atoms with van der Waals surface area (Å²) in [6.07, 6.45) is 0.906. The second-order valence-electron chi connectivity index (χ2n) is 1.84. The molecule has 0 amide bonds. The van der Waals surface area contributed by atoms with Crippen molar-refractivity contribution in [2.75, 3.05) is 0 Å². The predicted octanol–water partition coefficient (Wildman–Crippen LogP) is 0.696. The number of aryl methyl sites for hydroxylation is 1. The summed E-state index contributed by atoms with van der Waals surface area (Å²) < 4.78 is 4.83. The van der Waals surface area contributed by atoms with Crippen molar-refractivity contribution in [2.45, 2.75) is 19.9 Å². The van der Waals surface area contributed by atoms with Crippen LogP contribution in [0.1, 0.15) is 18.4 Å². The quantitative estimate of drug-likeness (QED) is 0.634. The highest BCUT2D eigenvalue weighted by atomic mass is 16.5. The lowest BCUT2D eigenvalue weighted by molar-refractivity contribution is 0.379. The van der Waals surface area contributed by atoms with E-state index < -0.39 is 0 Å². The molecule has 0 aliphatic rings. The van der Waals surface area contributed by atoms with E-state index in [9.17, 15) is 0 Å². The van der Waals surface area contributed by atoms with Gasteiger partial charge in [-0.25, -0.2) is 0 Å². The maximum absolute atomic E-state index is 5.28. The van der Waals surface area contributed by atoms with Crippen LogP contribution in [0.2, 0.25) is 0 Å². The van der Waals surface area contributed by atoms with Crippen molar-refractivity contribution >= 4 is 0 Å². The van der Waals surface area contributed by atoms with Gasteiger partial charge >= 0.3 is 0 Å². The molecular formula is C6H10N2O. The topological polar surface area (TPSA) is 52.0 Å². The molecule has 0 aliphatic carbocycles. The second-order valence-corrected chi connectivity index (χ2v) is 1.84. The molecule has 0 atom stereocenters. The number of rotatable bonds is 2. The Morgan fingerprint density at radius 1 is 1.78 bits per heavy atom. The summed E-state index contributed by atoms with van der Waals surface area (Å²) in [5.41, 5.74) is 6.25. The summed E-state index contributed by atoms with van der Waals surface area (Å²) in [5, 5.41) is 3.75. The molecule has 1 aromatic rings. The Morgan fingerprint density at radius 2 is 2.56 bits per heavy atom. The van der Waals surface area contributed by atoms with Gasteiger partial charge in [-0.15, -0.1) is 0 Å². The third kappa shape index (κ3) is 1.29. The van der Waals surface area contributed by atoms with Crippen LogP contribution in [-0.2, 0) is 13.0 Å². The lowest BCUT2D eigenvalue weighted by Gasteiger charge is -1.78. The summed E-state index contributed by atoms with van der Waals surface area (Å²) in [7, 11) is 0. The first kappa shape index (κ1) is 6.29. The number of hydrogen-bond acceptors (Lipinski definition) is 3. The van der Waals surface area contributed by atoms with E-state index in [4.69, 9.17) is 10.3 Å². The molecule has 0 saturated carbocycles. The van der Waals surface area contributed by atoms with Gasteiger partial charge in [-0.05, 0) is 6.42 Å². The molecule has 0 aromatic carbocycles. The van der Waals surface area contributed by atoms with E-state index in [2.05, 4.69) is 5.16 Å². The Morgan fingerprint density at radius 3 is 2.89 bits per heavy atom. The van der Waals surface area contributed by atoms with E-state index in [-0.39, 0.29) is 0 Å². The third-order valence-corrected chi connectivity index (χ3v) is 1.17. The molecule has 0 spiro atoms. The minimum Gasteiger partial charge on any atom is -0.360 e. The third-order valence-electron chi connectivity index (χ3n) is 1.17. The molecule has 3 nitrogen and oxygen atoms in total. The van der Waals surface area contributed by atoms with Crippen molar-refractivity contribution in [2.24, 2.45) is 5.73 Å². The fourth-order valence-corrected chi connectivity index (χ4v) is 0.619. The summed E-state index contributed by atoms with van der Waals surface area (Å²) >= 11 is 0. The average molecular weight is 126 g/mol. The van der Waals surface area contributed by atoms with Crippen LogP contribution in [0.4, 0.5) is 0 Å². The lowest BCUT2D eigenvalue weighted by Crippen LogP contribution is -1.92.